The molecule has 0 bridgehead atoms. The number of hydrogen-bond acceptors (Lipinski definition) is 4. The van der Waals surface area contributed by atoms with Gasteiger partial charge in [-0.3, -0.25) is 4.98 Å². The highest BCUT2D eigenvalue weighted by molar-refractivity contribution is 7.89. The summed E-state index contributed by atoms with van der Waals surface area (Å²) in [7, 11) is -3.49. The van der Waals surface area contributed by atoms with E-state index < -0.39 is 10.0 Å². The minimum absolute atomic E-state index is 0. The maximum absolute atomic E-state index is 12.5. The predicted octanol–water partition coefficient (Wildman–Crippen LogP) is 1.93. The molecule has 1 fully saturated rings. The molecule has 1 aromatic carbocycles. The van der Waals surface area contributed by atoms with Crippen LogP contribution in [0.2, 0.25) is 0 Å². The Hall–Kier alpha value is -1.21. The number of rotatable bonds is 5. The van der Waals surface area contributed by atoms with Crippen LogP contribution in [0.25, 0.3) is 10.9 Å². The first-order valence-electron chi connectivity index (χ1n) is 7.21. The Kier molecular flexibility index (Phi) is 5.74. The Morgan fingerprint density at radius 1 is 1.27 bits per heavy atom. The van der Waals surface area contributed by atoms with E-state index in [4.69, 9.17) is 0 Å². The van der Waals surface area contributed by atoms with E-state index in [2.05, 4.69) is 15.0 Å². The molecule has 120 valence electrons. The van der Waals surface area contributed by atoms with E-state index in [1.807, 2.05) is 6.07 Å². The normalized spacial score (nSPS) is 18.3. The maximum Gasteiger partial charge on any atom is 0.241 e. The molecule has 0 radical (unpaired) electrons. The lowest BCUT2D eigenvalue weighted by Crippen LogP contribution is -2.26. The first kappa shape index (κ1) is 17.1. The lowest BCUT2D eigenvalue weighted by atomic mass is 10.1. The van der Waals surface area contributed by atoms with Crippen LogP contribution in [0.4, 0.5) is 0 Å². The maximum atomic E-state index is 12.5. The third kappa shape index (κ3) is 3.76. The molecule has 0 amide bonds. The second kappa shape index (κ2) is 7.37. The Labute approximate surface area is 137 Å². The summed E-state index contributed by atoms with van der Waals surface area (Å²) in [6.45, 7) is 2.50. The van der Waals surface area contributed by atoms with Gasteiger partial charge >= 0.3 is 0 Å². The molecule has 2 aromatic rings. The third-order valence-electron chi connectivity index (χ3n) is 3.90. The predicted molar refractivity (Wildman–Crippen MR) is 89.8 cm³/mol. The summed E-state index contributed by atoms with van der Waals surface area (Å²) in [6, 6.07) is 8.72. The first-order valence-corrected chi connectivity index (χ1v) is 8.69. The van der Waals surface area contributed by atoms with Crippen molar-refractivity contribution in [3.8, 4) is 0 Å². The number of pyridine rings is 1. The summed E-state index contributed by atoms with van der Waals surface area (Å²) in [6.07, 6.45) is 3.66. The van der Waals surface area contributed by atoms with E-state index in [0.717, 1.165) is 25.9 Å². The van der Waals surface area contributed by atoms with Crippen molar-refractivity contribution in [2.75, 3.05) is 19.6 Å². The monoisotopic (exact) mass is 341 g/mol. The summed E-state index contributed by atoms with van der Waals surface area (Å²) in [4.78, 5) is 4.50. The van der Waals surface area contributed by atoms with Gasteiger partial charge in [0.1, 0.15) is 0 Å². The molecule has 5 nitrogen and oxygen atoms in total. The Morgan fingerprint density at radius 3 is 2.91 bits per heavy atom. The number of fused-ring (bicyclic) bond motifs is 1. The molecule has 2 N–H and O–H groups in total. The van der Waals surface area contributed by atoms with E-state index in [9.17, 15) is 8.42 Å². The van der Waals surface area contributed by atoms with Crippen molar-refractivity contribution in [3.05, 3.63) is 36.5 Å². The van der Waals surface area contributed by atoms with Crippen LogP contribution in [-0.4, -0.2) is 33.0 Å². The van der Waals surface area contributed by atoms with E-state index in [0.29, 0.717) is 28.3 Å². The van der Waals surface area contributed by atoms with E-state index >= 15 is 0 Å². The molecule has 1 aliphatic rings. The van der Waals surface area contributed by atoms with Gasteiger partial charge in [-0.2, -0.15) is 0 Å². The molecule has 0 aliphatic carbocycles. The van der Waals surface area contributed by atoms with Crippen molar-refractivity contribution >= 4 is 33.3 Å². The lowest BCUT2D eigenvalue weighted by Gasteiger charge is -2.11. The number of sulfonamides is 1. The van der Waals surface area contributed by atoms with Gasteiger partial charge in [0, 0.05) is 18.1 Å². The molecule has 1 aliphatic heterocycles. The van der Waals surface area contributed by atoms with Crippen LogP contribution >= 0.6 is 12.4 Å². The van der Waals surface area contributed by atoms with Crippen LogP contribution in [0, 0.1) is 5.92 Å². The topological polar surface area (TPSA) is 71.1 Å². The standard InChI is InChI=1S/C15H19N3O2S.ClH/c19-21(20,18-10-7-12-6-9-16-11-12)15-5-1-4-14-13(15)3-2-8-17-14;/h1-5,8,12,16,18H,6-7,9-11H2;1H. The SMILES string of the molecule is Cl.O=S(=O)(NCCC1CCNC1)c1cccc2ncccc12. The largest absolute Gasteiger partial charge is 0.316 e. The van der Waals surface area contributed by atoms with E-state index in [1.54, 1.807) is 30.5 Å². The Bertz CT molecular complexity index is 725. The molecule has 0 spiro atoms. The van der Waals surface area contributed by atoms with Crippen molar-refractivity contribution in [1.29, 1.82) is 0 Å². The summed E-state index contributed by atoms with van der Waals surface area (Å²) < 4.78 is 27.6. The number of benzene rings is 1. The highest BCUT2D eigenvalue weighted by Crippen LogP contribution is 2.21. The molecule has 0 saturated carbocycles. The molecule has 3 rings (SSSR count). The highest BCUT2D eigenvalue weighted by atomic mass is 35.5. The molecule has 22 heavy (non-hydrogen) atoms. The molecular formula is C15H20ClN3O2S. The number of nitrogens with zero attached hydrogens (tertiary/aromatic N) is 1. The van der Waals surface area contributed by atoms with Crippen LogP contribution in [-0.2, 0) is 10.0 Å². The summed E-state index contributed by atoms with van der Waals surface area (Å²) in [5.74, 6) is 0.571. The average molecular weight is 342 g/mol. The van der Waals surface area contributed by atoms with Gasteiger partial charge in [-0.1, -0.05) is 6.07 Å². The van der Waals surface area contributed by atoms with Gasteiger partial charge in [-0.05, 0) is 56.1 Å². The van der Waals surface area contributed by atoms with Crippen LogP contribution in [0.15, 0.2) is 41.4 Å². The second-order valence-corrected chi connectivity index (χ2v) is 7.11. The molecule has 1 unspecified atom stereocenters. The summed E-state index contributed by atoms with van der Waals surface area (Å²) in [5, 5.41) is 3.95. The number of nitrogens with one attached hydrogen (secondary N) is 2. The Balaban J connectivity index is 0.00000176. The van der Waals surface area contributed by atoms with Gasteiger partial charge < -0.3 is 5.32 Å². The zero-order valence-corrected chi connectivity index (χ0v) is 13.8. The van der Waals surface area contributed by atoms with E-state index in [-0.39, 0.29) is 12.4 Å². The van der Waals surface area contributed by atoms with Gasteiger partial charge in [-0.15, -0.1) is 12.4 Å². The zero-order valence-electron chi connectivity index (χ0n) is 12.2. The molecule has 1 atom stereocenters. The van der Waals surface area contributed by atoms with Crippen LogP contribution < -0.4 is 10.0 Å². The van der Waals surface area contributed by atoms with Crippen molar-refractivity contribution in [3.63, 3.8) is 0 Å². The van der Waals surface area contributed by atoms with Gasteiger partial charge in [0.25, 0.3) is 0 Å². The second-order valence-electron chi connectivity index (χ2n) is 5.37. The average Bonchev–Trinajstić information content (AvgIpc) is 3.00. The minimum atomic E-state index is -3.49. The van der Waals surface area contributed by atoms with Gasteiger partial charge in [0.2, 0.25) is 10.0 Å². The van der Waals surface area contributed by atoms with Crippen LogP contribution in [0.5, 0.6) is 0 Å². The third-order valence-corrected chi connectivity index (χ3v) is 5.42. The highest BCUT2D eigenvalue weighted by Gasteiger charge is 2.19. The zero-order chi connectivity index (χ0) is 14.7. The van der Waals surface area contributed by atoms with Gasteiger partial charge in [0.05, 0.1) is 10.4 Å². The fourth-order valence-corrected chi connectivity index (χ4v) is 4.01. The van der Waals surface area contributed by atoms with Gasteiger partial charge in [-0.25, -0.2) is 13.1 Å². The lowest BCUT2D eigenvalue weighted by molar-refractivity contribution is 0.519. The quantitative estimate of drug-likeness (QED) is 0.871. The van der Waals surface area contributed by atoms with E-state index in [1.165, 1.54) is 0 Å². The smallest absolute Gasteiger partial charge is 0.241 e. The van der Waals surface area contributed by atoms with Crippen molar-refractivity contribution in [2.24, 2.45) is 5.92 Å². The Morgan fingerprint density at radius 2 is 2.14 bits per heavy atom. The summed E-state index contributed by atoms with van der Waals surface area (Å²) in [5.41, 5.74) is 0.695. The number of halogens is 1. The molecule has 7 heteroatoms. The fourth-order valence-electron chi connectivity index (χ4n) is 2.75. The number of hydrogen-bond donors (Lipinski definition) is 2. The minimum Gasteiger partial charge on any atom is -0.316 e. The molecular weight excluding hydrogens is 322 g/mol. The first-order chi connectivity index (χ1) is 10.2. The van der Waals surface area contributed by atoms with Crippen LogP contribution in [0.1, 0.15) is 12.8 Å². The van der Waals surface area contributed by atoms with Crippen molar-refractivity contribution < 1.29 is 8.42 Å². The fraction of sp³-hybridized carbons (Fsp3) is 0.400. The van der Waals surface area contributed by atoms with Gasteiger partial charge in [0.15, 0.2) is 0 Å². The molecule has 2 heterocycles. The number of aromatic nitrogens is 1. The van der Waals surface area contributed by atoms with Crippen molar-refractivity contribution in [1.82, 2.24) is 15.0 Å². The molecule has 1 aromatic heterocycles. The van der Waals surface area contributed by atoms with Crippen LogP contribution in [0.3, 0.4) is 0 Å². The molecule has 1 saturated heterocycles. The summed E-state index contributed by atoms with van der Waals surface area (Å²) >= 11 is 0. The van der Waals surface area contributed by atoms with Crippen molar-refractivity contribution in [2.45, 2.75) is 17.7 Å².